The summed E-state index contributed by atoms with van der Waals surface area (Å²) in [6.07, 6.45) is 1.18. The SMILES string of the molecule is CC[C@@H](C)N1CCN(C(=O)c2cccs2)CC1. The largest absolute Gasteiger partial charge is 0.335 e. The molecule has 0 aromatic carbocycles. The van der Waals surface area contributed by atoms with Crippen LogP contribution in [-0.2, 0) is 0 Å². The molecule has 1 atom stereocenters. The molecule has 3 nitrogen and oxygen atoms in total. The van der Waals surface area contributed by atoms with E-state index >= 15 is 0 Å². The van der Waals surface area contributed by atoms with E-state index < -0.39 is 0 Å². The average Bonchev–Trinajstić information content (AvgIpc) is 2.91. The number of amides is 1. The summed E-state index contributed by atoms with van der Waals surface area (Å²) in [5.74, 6) is 0.198. The summed E-state index contributed by atoms with van der Waals surface area (Å²) in [7, 11) is 0. The van der Waals surface area contributed by atoms with Crippen LogP contribution in [0.3, 0.4) is 0 Å². The normalized spacial score (nSPS) is 19.3. The Kier molecular flexibility index (Phi) is 4.18. The molecule has 0 unspecified atom stereocenters. The quantitative estimate of drug-likeness (QED) is 0.824. The Bertz CT molecular complexity index is 356. The Hall–Kier alpha value is -0.870. The highest BCUT2D eigenvalue weighted by atomic mass is 32.1. The maximum atomic E-state index is 12.1. The second-order valence-electron chi connectivity index (χ2n) is 4.56. The van der Waals surface area contributed by atoms with Gasteiger partial charge in [0.05, 0.1) is 4.88 Å². The zero-order valence-electron chi connectivity index (χ0n) is 10.6. The summed E-state index contributed by atoms with van der Waals surface area (Å²) in [4.78, 5) is 17.4. The fourth-order valence-electron chi connectivity index (χ4n) is 2.18. The third-order valence-electron chi connectivity index (χ3n) is 3.55. The number of rotatable bonds is 3. The van der Waals surface area contributed by atoms with E-state index in [0.29, 0.717) is 6.04 Å². The van der Waals surface area contributed by atoms with Crippen LogP contribution in [0.5, 0.6) is 0 Å². The summed E-state index contributed by atoms with van der Waals surface area (Å²) >= 11 is 1.53. The van der Waals surface area contributed by atoms with Gasteiger partial charge in [-0.15, -0.1) is 11.3 Å². The van der Waals surface area contributed by atoms with Crippen LogP contribution in [0.4, 0.5) is 0 Å². The first-order chi connectivity index (χ1) is 8.22. The molecule has 17 heavy (non-hydrogen) atoms. The van der Waals surface area contributed by atoms with Gasteiger partial charge in [-0.05, 0) is 24.8 Å². The Morgan fingerprint density at radius 3 is 2.65 bits per heavy atom. The standard InChI is InChI=1S/C13H20N2OS/c1-3-11(2)14-6-8-15(9-7-14)13(16)12-5-4-10-17-12/h4-5,10-11H,3,6-9H2,1-2H3/t11-/m1/s1. The topological polar surface area (TPSA) is 23.6 Å². The van der Waals surface area contributed by atoms with Crippen LogP contribution in [-0.4, -0.2) is 47.9 Å². The fourth-order valence-corrected chi connectivity index (χ4v) is 2.87. The lowest BCUT2D eigenvalue weighted by molar-refractivity contribution is 0.0584. The molecule has 1 saturated heterocycles. The van der Waals surface area contributed by atoms with Crippen molar-refractivity contribution in [1.82, 2.24) is 9.80 Å². The number of nitrogens with zero attached hydrogens (tertiary/aromatic N) is 2. The molecule has 0 aliphatic carbocycles. The Morgan fingerprint density at radius 1 is 1.41 bits per heavy atom. The van der Waals surface area contributed by atoms with E-state index in [9.17, 15) is 4.79 Å². The molecule has 0 N–H and O–H groups in total. The van der Waals surface area contributed by atoms with Crippen molar-refractivity contribution in [2.75, 3.05) is 26.2 Å². The van der Waals surface area contributed by atoms with Crippen molar-refractivity contribution in [3.05, 3.63) is 22.4 Å². The van der Waals surface area contributed by atoms with Gasteiger partial charge in [0, 0.05) is 32.2 Å². The second kappa shape index (κ2) is 5.65. The van der Waals surface area contributed by atoms with Gasteiger partial charge in [0.25, 0.3) is 5.91 Å². The smallest absolute Gasteiger partial charge is 0.264 e. The summed E-state index contributed by atoms with van der Waals surface area (Å²) < 4.78 is 0. The predicted molar refractivity (Wildman–Crippen MR) is 71.5 cm³/mol. The van der Waals surface area contributed by atoms with Crippen LogP contribution in [0.15, 0.2) is 17.5 Å². The van der Waals surface area contributed by atoms with Crippen molar-refractivity contribution in [1.29, 1.82) is 0 Å². The molecule has 1 aliphatic heterocycles. The van der Waals surface area contributed by atoms with Crippen molar-refractivity contribution in [2.45, 2.75) is 26.3 Å². The monoisotopic (exact) mass is 252 g/mol. The second-order valence-corrected chi connectivity index (χ2v) is 5.51. The zero-order valence-corrected chi connectivity index (χ0v) is 11.4. The van der Waals surface area contributed by atoms with Gasteiger partial charge in [-0.2, -0.15) is 0 Å². The number of carbonyl (C=O) groups is 1. The summed E-state index contributed by atoms with van der Waals surface area (Å²) in [6, 6.07) is 4.48. The minimum atomic E-state index is 0.198. The van der Waals surface area contributed by atoms with Crippen LogP contribution in [0.2, 0.25) is 0 Å². The lowest BCUT2D eigenvalue weighted by Crippen LogP contribution is -2.51. The van der Waals surface area contributed by atoms with Gasteiger partial charge < -0.3 is 4.90 Å². The van der Waals surface area contributed by atoms with Crippen molar-refractivity contribution in [3.63, 3.8) is 0 Å². The number of hydrogen-bond donors (Lipinski definition) is 0. The molecular weight excluding hydrogens is 232 g/mol. The van der Waals surface area contributed by atoms with E-state index in [4.69, 9.17) is 0 Å². The van der Waals surface area contributed by atoms with Gasteiger partial charge >= 0.3 is 0 Å². The molecular formula is C13H20N2OS. The molecule has 0 radical (unpaired) electrons. The van der Waals surface area contributed by atoms with Crippen molar-refractivity contribution >= 4 is 17.2 Å². The number of thiophene rings is 1. The summed E-state index contributed by atoms with van der Waals surface area (Å²) in [5, 5.41) is 1.96. The summed E-state index contributed by atoms with van der Waals surface area (Å²) in [5.41, 5.74) is 0. The first kappa shape index (κ1) is 12.6. The van der Waals surface area contributed by atoms with E-state index in [1.165, 1.54) is 17.8 Å². The molecule has 2 rings (SSSR count). The number of carbonyl (C=O) groups excluding carboxylic acids is 1. The van der Waals surface area contributed by atoms with E-state index in [2.05, 4.69) is 18.7 Å². The van der Waals surface area contributed by atoms with Crippen LogP contribution in [0.1, 0.15) is 29.9 Å². The Morgan fingerprint density at radius 2 is 2.12 bits per heavy atom. The molecule has 4 heteroatoms. The molecule has 0 saturated carbocycles. The van der Waals surface area contributed by atoms with Crippen LogP contribution >= 0.6 is 11.3 Å². The van der Waals surface area contributed by atoms with E-state index in [0.717, 1.165) is 31.1 Å². The third-order valence-corrected chi connectivity index (χ3v) is 4.41. The molecule has 1 amide bonds. The molecule has 0 spiro atoms. The van der Waals surface area contributed by atoms with Crippen LogP contribution < -0.4 is 0 Å². The van der Waals surface area contributed by atoms with E-state index in [1.54, 1.807) is 0 Å². The van der Waals surface area contributed by atoms with Gasteiger partial charge in [0.15, 0.2) is 0 Å². The van der Waals surface area contributed by atoms with Crippen molar-refractivity contribution in [3.8, 4) is 0 Å². The zero-order chi connectivity index (χ0) is 12.3. The van der Waals surface area contributed by atoms with Crippen molar-refractivity contribution < 1.29 is 4.79 Å². The van der Waals surface area contributed by atoms with Crippen LogP contribution in [0, 0.1) is 0 Å². The van der Waals surface area contributed by atoms with E-state index in [-0.39, 0.29) is 5.91 Å². The van der Waals surface area contributed by atoms with Crippen LogP contribution in [0.25, 0.3) is 0 Å². The third kappa shape index (κ3) is 2.87. The molecule has 1 aliphatic rings. The maximum absolute atomic E-state index is 12.1. The minimum Gasteiger partial charge on any atom is -0.335 e. The first-order valence-corrected chi connectivity index (χ1v) is 7.17. The average molecular weight is 252 g/mol. The van der Waals surface area contributed by atoms with Gasteiger partial charge in [0.1, 0.15) is 0 Å². The van der Waals surface area contributed by atoms with Gasteiger partial charge in [0.2, 0.25) is 0 Å². The molecule has 1 aromatic heterocycles. The van der Waals surface area contributed by atoms with Crippen molar-refractivity contribution in [2.24, 2.45) is 0 Å². The fraction of sp³-hybridized carbons (Fsp3) is 0.615. The molecule has 2 heterocycles. The lowest BCUT2D eigenvalue weighted by Gasteiger charge is -2.37. The Labute approximate surface area is 107 Å². The van der Waals surface area contributed by atoms with Gasteiger partial charge in [-0.25, -0.2) is 0 Å². The number of hydrogen-bond acceptors (Lipinski definition) is 3. The highest BCUT2D eigenvalue weighted by molar-refractivity contribution is 7.12. The molecule has 94 valence electrons. The van der Waals surface area contributed by atoms with Gasteiger partial charge in [-0.3, -0.25) is 9.69 Å². The Balaban J connectivity index is 1.89. The lowest BCUT2D eigenvalue weighted by atomic mass is 10.2. The minimum absolute atomic E-state index is 0.198. The maximum Gasteiger partial charge on any atom is 0.264 e. The predicted octanol–water partition coefficient (Wildman–Crippen LogP) is 2.30. The first-order valence-electron chi connectivity index (χ1n) is 6.29. The van der Waals surface area contributed by atoms with E-state index in [1.807, 2.05) is 22.4 Å². The molecule has 1 fully saturated rings. The molecule has 1 aromatic rings. The number of piperazine rings is 1. The summed E-state index contributed by atoms with van der Waals surface area (Å²) in [6.45, 7) is 8.21. The molecule has 0 bridgehead atoms. The highest BCUT2D eigenvalue weighted by Crippen LogP contribution is 2.15. The highest BCUT2D eigenvalue weighted by Gasteiger charge is 2.24. The van der Waals surface area contributed by atoms with Gasteiger partial charge in [-0.1, -0.05) is 13.0 Å².